The Morgan fingerprint density at radius 3 is 2.40 bits per heavy atom. The van der Waals surface area contributed by atoms with Crippen LogP contribution in [-0.2, 0) is 9.59 Å². The summed E-state index contributed by atoms with van der Waals surface area (Å²) in [4.78, 5) is 35.4. The van der Waals surface area contributed by atoms with E-state index in [0.717, 1.165) is 24.7 Å². The molecule has 30 heavy (non-hydrogen) atoms. The number of pyridine rings is 1. The summed E-state index contributed by atoms with van der Waals surface area (Å²) in [7, 11) is 1.60. The van der Waals surface area contributed by atoms with Crippen LogP contribution in [0.25, 0.3) is 0 Å². The minimum atomic E-state index is -0.144. The Labute approximate surface area is 177 Å². The topological polar surface area (TPSA) is 78.0 Å². The van der Waals surface area contributed by atoms with E-state index in [9.17, 15) is 9.59 Å². The Balaban J connectivity index is 1.45. The summed E-state index contributed by atoms with van der Waals surface area (Å²) >= 11 is 0. The fourth-order valence-electron chi connectivity index (χ4n) is 3.37. The molecule has 0 spiro atoms. The van der Waals surface area contributed by atoms with Crippen LogP contribution < -0.4 is 15.0 Å². The van der Waals surface area contributed by atoms with Crippen molar-refractivity contribution in [1.82, 2.24) is 14.8 Å². The third-order valence-electron chi connectivity index (χ3n) is 5.15. The highest BCUT2D eigenvalue weighted by atomic mass is 16.5. The minimum Gasteiger partial charge on any atom is -0.497 e. The molecule has 2 heterocycles. The average Bonchev–Trinajstić information content (AvgIpc) is 2.79. The van der Waals surface area contributed by atoms with Crippen LogP contribution in [0.1, 0.15) is 6.92 Å². The SMILES string of the molecule is CCN(CC(=O)Nc1ccc(OC)cc1)CC(=O)N1CCN(c2ccccn2)CC1. The molecule has 1 aliphatic heterocycles. The van der Waals surface area contributed by atoms with Crippen molar-refractivity contribution in [1.29, 1.82) is 0 Å². The van der Waals surface area contributed by atoms with Crippen molar-refractivity contribution in [3.63, 3.8) is 0 Å². The fraction of sp³-hybridized carbons (Fsp3) is 0.409. The van der Waals surface area contributed by atoms with Crippen LogP contribution in [0.5, 0.6) is 5.75 Å². The summed E-state index contributed by atoms with van der Waals surface area (Å²) in [6, 6.07) is 13.0. The number of aromatic nitrogens is 1. The Bertz CT molecular complexity index is 820. The Morgan fingerprint density at radius 1 is 1.07 bits per heavy atom. The van der Waals surface area contributed by atoms with Gasteiger partial charge in [0.1, 0.15) is 11.6 Å². The van der Waals surface area contributed by atoms with Crippen molar-refractivity contribution < 1.29 is 14.3 Å². The zero-order chi connectivity index (χ0) is 21.3. The van der Waals surface area contributed by atoms with Gasteiger partial charge in [0.25, 0.3) is 0 Å². The lowest BCUT2D eigenvalue weighted by Crippen LogP contribution is -2.52. The summed E-state index contributed by atoms with van der Waals surface area (Å²) in [5.74, 6) is 1.58. The van der Waals surface area contributed by atoms with Gasteiger partial charge >= 0.3 is 0 Å². The molecule has 2 aromatic rings. The normalized spacial score (nSPS) is 14.0. The number of anilines is 2. The number of amides is 2. The molecular formula is C22H29N5O3. The van der Waals surface area contributed by atoms with Gasteiger partial charge in [-0.25, -0.2) is 4.98 Å². The molecule has 2 amide bonds. The zero-order valence-corrected chi connectivity index (χ0v) is 17.6. The lowest BCUT2D eigenvalue weighted by Gasteiger charge is -2.36. The van der Waals surface area contributed by atoms with Crippen LogP contribution in [0.3, 0.4) is 0 Å². The Kier molecular flexibility index (Phi) is 7.62. The van der Waals surface area contributed by atoms with Gasteiger partial charge in [0.2, 0.25) is 11.8 Å². The highest BCUT2D eigenvalue weighted by molar-refractivity contribution is 5.92. The Hall–Kier alpha value is -3.13. The van der Waals surface area contributed by atoms with Crippen molar-refractivity contribution in [2.75, 3.05) is 63.1 Å². The first-order valence-electron chi connectivity index (χ1n) is 10.2. The molecule has 0 aliphatic carbocycles. The quantitative estimate of drug-likeness (QED) is 0.713. The number of nitrogens with zero attached hydrogens (tertiary/aromatic N) is 4. The highest BCUT2D eigenvalue weighted by Crippen LogP contribution is 2.15. The van der Waals surface area contributed by atoms with E-state index in [1.54, 1.807) is 37.6 Å². The molecule has 1 saturated heterocycles. The number of piperazine rings is 1. The Morgan fingerprint density at radius 2 is 1.80 bits per heavy atom. The fourth-order valence-corrected chi connectivity index (χ4v) is 3.37. The van der Waals surface area contributed by atoms with E-state index in [0.29, 0.717) is 25.3 Å². The largest absolute Gasteiger partial charge is 0.497 e. The van der Waals surface area contributed by atoms with Crippen LogP contribution in [0.15, 0.2) is 48.7 Å². The van der Waals surface area contributed by atoms with Crippen LogP contribution in [0, 0.1) is 0 Å². The van der Waals surface area contributed by atoms with Gasteiger partial charge in [0.15, 0.2) is 0 Å². The number of nitrogens with one attached hydrogen (secondary N) is 1. The number of carbonyl (C=O) groups excluding carboxylic acids is 2. The maximum absolute atomic E-state index is 12.7. The molecule has 160 valence electrons. The molecule has 1 aliphatic rings. The molecule has 0 radical (unpaired) electrons. The van der Waals surface area contributed by atoms with E-state index in [-0.39, 0.29) is 24.9 Å². The molecule has 1 N–H and O–H groups in total. The van der Waals surface area contributed by atoms with Crippen molar-refractivity contribution in [2.45, 2.75) is 6.92 Å². The van der Waals surface area contributed by atoms with Gasteiger partial charge in [0.05, 0.1) is 20.2 Å². The predicted octanol–water partition coefficient (Wildman–Crippen LogP) is 1.70. The molecule has 1 aromatic heterocycles. The molecule has 1 aromatic carbocycles. The van der Waals surface area contributed by atoms with Gasteiger partial charge in [-0.2, -0.15) is 0 Å². The number of hydrogen-bond donors (Lipinski definition) is 1. The molecule has 0 unspecified atom stereocenters. The number of methoxy groups -OCH3 is 1. The van der Waals surface area contributed by atoms with Crippen molar-refractivity contribution in [3.8, 4) is 5.75 Å². The van der Waals surface area contributed by atoms with E-state index >= 15 is 0 Å². The van der Waals surface area contributed by atoms with Gasteiger partial charge in [0, 0.05) is 38.1 Å². The van der Waals surface area contributed by atoms with Crippen molar-refractivity contribution in [3.05, 3.63) is 48.7 Å². The molecule has 0 atom stereocenters. The molecule has 8 nitrogen and oxygen atoms in total. The van der Waals surface area contributed by atoms with E-state index in [1.165, 1.54) is 0 Å². The monoisotopic (exact) mass is 411 g/mol. The van der Waals surface area contributed by atoms with Gasteiger partial charge in [-0.1, -0.05) is 13.0 Å². The number of likely N-dealkylation sites (N-methyl/N-ethyl adjacent to an activating group) is 1. The third-order valence-corrected chi connectivity index (χ3v) is 5.15. The molecule has 3 rings (SSSR count). The molecular weight excluding hydrogens is 382 g/mol. The highest BCUT2D eigenvalue weighted by Gasteiger charge is 2.23. The van der Waals surface area contributed by atoms with E-state index in [4.69, 9.17) is 4.74 Å². The maximum Gasteiger partial charge on any atom is 0.238 e. The van der Waals surface area contributed by atoms with E-state index in [1.807, 2.05) is 34.9 Å². The van der Waals surface area contributed by atoms with Gasteiger partial charge < -0.3 is 19.9 Å². The number of carbonyl (C=O) groups is 2. The van der Waals surface area contributed by atoms with Crippen LogP contribution in [-0.4, -0.2) is 79.5 Å². The number of rotatable bonds is 8. The first-order valence-corrected chi connectivity index (χ1v) is 10.2. The molecule has 8 heteroatoms. The molecule has 0 saturated carbocycles. The smallest absolute Gasteiger partial charge is 0.238 e. The van der Waals surface area contributed by atoms with Gasteiger partial charge in [-0.05, 0) is 42.9 Å². The predicted molar refractivity (Wildman–Crippen MR) is 117 cm³/mol. The summed E-state index contributed by atoms with van der Waals surface area (Å²) < 4.78 is 5.12. The second-order valence-electron chi connectivity index (χ2n) is 7.14. The molecule has 0 bridgehead atoms. The summed E-state index contributed by atoms with van der Waals surface area (Å²) in [5.41, 5.74) is 0.703. The first-order chi connectivity index (χ1) is 14.6. The number of hydrogen-bond acceptors (Lipinski definition) is 6. The molecule has 1 fully saturated rings. The lowest BCUT2D eigenvalue weighted by atomic mass is 10.3. The van der Waals surface area contributed by atoms with Crippen LogP contribution in [0.2, 0.25) is 0 Å². The summed E-state index contributed by atoms with van der Waals surface area (Å²) in [5, 5.41) is 2.86. The van der Waals surface area contributed by atoms with E-state index in [2.05, 4.69) is 15.2 Å². The van der Waals surface area contributed by atoms with Crippen molar-refractivity contribution in [2.24, 2.45) is 0 Å². The van der Waals surface area contributed by atoms with E-state index < -0.39 is 0 Å². The number of ether oxygens (including phenoxy) is 1. The maximum atomic E-state index is 12.7. The van der Waals surface area contributed by atoms with Crippen LogP contribution >= 0.6 is 0 Å². The second kappa shape index (κ2) is 10.6. The first kappa shape index (κ1) is 21.6. The standard InChI is InChI=1S/C22H29N5O3/c1-3-25(16-21(28)24-18-7-9-19(30-2)10-8-18)17-22(29)27-14-12-26(13-15-27)20-6-4-5-11-23-20/h4-11H,3,12-17H2,1-2H3,(H,24,28). The number of benzene rings is 1. The lowest BCUT2D eigenvalue weighted by molar-refractivity contribution is -0.133. The second-order valence-corrected chi connectivity index (χ2v) is 7.14. The zero-order valence-electron chi connectivity index (χ0n) is 17.6. The average molecular weight is 412 g/mol. The minimum absolute atomic E-state index is 0.0507. The van der Waals surface area contributed by atoms with Gasteiger partial charge in [-0.3, -0.25) is 14.5 Å². The van der Waals surface area contributed by atoms with Crippen molar-refractivity contribution >= 4 is 23.3 Å². The summed E-state index contributed by atoms with van der Waals surface area (Å²) in [6.07, 6.45) is 1.78. The van der Waals surface area contributed by atoms with Crippen LogP contribution in [0.4, 0.5) is 11.5 Å². The summed E-state index contributed by atoms with van der Waals surface area (Å²) in [6.45, 7) is 5.80. The van der Waals surface area contributed by atoms with Gasteiger partial charge in [-0.15, -0.1) is 0 Å². The third kappa shape index (κ3) is 5.93.